The van der Waals surface area contributed by atoms with E-state index in [0.29, 0.717) is 13.1 Å². The fraction of sp³-hybridized carbons (Fsp3) is 0.471. The summed E-state index contributed by atoms with van der Waals surface area (Å²) in [7, 11) is 1.82. The first-order chi connectivity index (χ1) is 12.0. The van der Waals surface area contributed by atoms with Gasteiger partial charge in [-0.3, -0.25) is 9.48 Å². The molecule has 25 heavy (non-hydrogen) atoms. The van der Waals surface area contributed by atoms with Gasteiger partial charge >= 0.3 is 0 Å². The van der Waals surface area contributed by atoms with Gasteiger partial charge in [-0.15, -0.1) is 5.10 Å². The molecule has 0 saturated carbocycles. The van der Waals surface area contributed by atoms with Crippen LogP contribution in [0.1, 0.15) is 19.0 Å². The molecule has 1 N–H and O–H groups in total. The number of nitrogens with one attached hydrogen (secondary N) is 1. The van der Waals surface area contributed by atoms with Crippen molar-refractivity contribution in [3.8, 4) is 0 Å². The van der Waals surface area contributed by atoms with E-state index in [-0.39, 0.29) is 11.7 Å². The maximum Gasteiger partial charge on any atom is 0.219 e. The van der Waals surface area contributed by atoms with Crippen LogP contribution in [0.4, 0.5) is 15.8 Å². The van der Waals surface area contributed by atoms with Gasteiger partial charge in [0.2, 0.25) is 5.91 Å². The van der Waals surface area contributed by atoms with E-state index >= 15 is 0 Å². The number of hydrogen-bond donors (Lipinski definition) is 1. The third-order valence-corrected chi connectivity index (χ3v) is 4.51. The van der Waals surface area contributed by atoms with Crippen LogP contribution in [0, 0.1) is 5.82 Å². The quantitative estimate of drug-likeness (QED) is 0.911. The van der Waals surface area contributed by atoms with E-state index in [4.69, 9.17) is 0 Å². The summed E-state index contributed by atoms with van der Waals surface area (Å²) in [6.45, 7) is 5.11. The van der Waals surface area contributed by atoms with Crippen molar-refractivity contribution in [1.29, 1.82) is 0 Å². The fourth-order valence-electron chi connectivity index (χ4n) is 3.06. The van der Waals surface area contributed by atoms with Gasteiger partial charge in [0, 0.05) is 40.2 Å². The standard InChI is InChI=1S/C17H23FN6O/c1-13(25)23-6-3-7-24(9-8-23)17-5-4-14(18)10-16(17)19-11-15-12-20-21-22(15)2/h4-5,10,12,19H,3,6-9,11H2,1-2H3. The molecule has 0 aliphatic carbocycles. The second-order valence-corrected chi connectivity index (χ2v) is 6.21. The summed E-state index contributed by atoms with van der Waals surface area (Å²) in [5.41, 5.74) is 2.59. The van der Waals surface area contributed by atoms with Gasteiger partial charge in [0.05, 0.1) is 29.8 Å². The average molecular weight is 346 g/mol. The zero-order valence-electron chi connectivity index (χ0n) is 14.6. The molecular formula is C17H23FN6O. The topological polar surface area (TPSA) is 66.3 Å². The second-order valence-electron chi connectivity index (χ2n) is 6.21. The number of hydrogen-bond acceptors (Lipinski definition) is 5. The molecule has 0 unspecified atom stereocenters. The summed E-state index contributed by atoms with van der Waals surface area (Å²) in [4.78, 5) is 15.7. The Balaban J connectivity index is 1.76. The van der Waals surface area contributed by atoms with Crippen LogP contribution in [0.2, 0.25) is 0 Å². The van der Waals surface area contributed by atoms with Crippen molar-refractivity contribution in [2.75, 3.05) is 36.4 Å². The number of halogens is 1. The van der Waals surface area contributed by atoms with Crippen LogP contribution in [0.25, 0.3) is 0 Å². The molecule has 1 aromatic heterocycles. The van der Waals surface area contributed by atoms with Crippen LogP contribution in [0.5, 0.6) is 0 Å². The Bertz CT molecular complexity index is 746. The number of nitrogens with zero attached hydrogens (tertiary/aromatic N) is 5. The minimum Gasteiger partial charge on any atom is -0.378 e. The Morgan fingerprint density at radius 1 is 1.28 bits per heavy atom. The number of aryl methyl sites for hydroxylation is 1. The number of benzene rings is 1. The van der Waals surface area contributed by atoms with Gasteiger partial charge in [-0.25, -0.2) is 4.39 Å². The van der Waals surface area contributed by atoms with Gasteiger partial charge in [-0.2, -0.15) is 0 Å². The lowest BCUT2D eigenvalue weighted by Crippen LogP contribution is -2.33. The molecule has 7 nitrogen and oxygen atoms in total. The highest BCUT2D eigenvalue weighted by Crippen LogP contribution is 2.28. The van der Waals surface area contributed by atoms with E-state index < -0.39 is 0 Å². The monoisotopic (exact) mass is 346 g/mol. The number of aromatic nitrogens is 3. The Kier molecular flexibility index (Phi) is 5.16. The molecule has 0 bridgehead atoms. The van der Waals surface area contributed by atoms with Gasteiger partial charge in [0.25, 0.3) is 0 Å². The van der Waals surface area contributed by atoms with Crippen molar-refractivity contribution in [2.45, 2.75) is 19.9 Å². The summed E-state index contributed by atoms with van der Waals surface area (Å²) >= 11 is 0. The Labute approximate surface area is 146 Å². The molecular weight excluding hydrogens is 323 g/mol. The number of carbonyl (C=O) groups is 1. The van der Waals surface area contributed by atoms with E-state index in [1.165, 1.54) is 12.1 Å². The lowest BCUT2D eigenvalue weighted by atomic mass is 10.2. The van der Waals surface area contributed by atoms with Gasteiger partial charge in [-0.1, -0.05) is 5.21 Å². The number of rotatable bonds is 4. The van der Waals surface area contributed by atoms with E-state index in [2.05, 4.69) is 20.5 Å². The van der Waals surface area contributed by atoms with Crippen LogP contribution in [-0.2, 0) is 18.4 Å². The zero-order chi connectivity index (χ0) is 17.8. The van der Waals surface area contributed by atoms with Crippen molar-refractivity contribution in [1.82, 2.24) is 19.9 Å². The molecule has 1 fully saturated rings. The van der Waals surface area contributed by atoms with Crippen molar-refractivity contribution in [2.24, 2.45) is 7.05 Å². The van der Waals surface area contributed by atoms with E-state index in [9.17, 15) is 9.18 Å². The first-order valence-electron chi connectivity index (χ1n) is 8.42. The molecule has 3 rings (SSSR count). The first-order valence-corrected chi connectivity index (χ1v) is 8.42. The second kappa shape index (κ2) is 7.50. The van der Waals surface area contributed by atoms with Crippen LogP contribution in [0.15, 0.2) is 24.4 Å². The highest BCUT2D eigenvalue weighted by Gasteiger charge is 2.19. The molecule has 1 aromatic carbocycles. The minimum atomic E-state index is -0.283. The highest BCUT2D eigenvalue weighted by atomic mass is 19.1. The molecule has 1 aliphatic heterocycles. The van der Waals surface area contributed by atoms with Crippen molar-refractivity contribution in [3.05, 3.63) is 35.9 Å². The summed E-state index contributed by atoms with van der Waals surface area (Å²) < 4.78 is 15.4. The van der Waals surface area contributed by atoms with Gasteiger partial charge in [0.1, 0.15) is 5.82 Å². The van der Waals surface area contributed by atoms with Gasteiger partial charge in [-0.05, 0) is 24.6 Å². The normalized spacial score (nSPS) is 15.2. The van der Waals surface area contributed by atoms with Crippen molar-refractivity contribution >= 4 is 17.3 Å². The molecule has 0 spiro atoms. The number of amides is 1. The van der Waals surface area contributed by atoms with Gasteiger partial charge in [0.15, 0.2) is 0 Å². The van der Waals surface area contributed by atoms with E-state index in [1.807, 2.05) is 11.9 Å². The first kappa shape index (κ1) is 17.2. The van der Waals surface area contributed by atoms with Crippen LogP contribution in [0.3, 0.4) is 0 Å². The van der Waals surface area contributed by atoms with Crippen LogP contribution >= 0.6 is 0 Å². The lowest BCUT2D eigenvalue weighted by molar-refractivity contribution is -0.128. The predicted octanol–water partition coefficient (Wildman–Crippen LogP) is 1.62. The average Bonchev–Trinajstić information content (AvgIpc) is 2.84. The third-order valence-electron chi connectivity index (χ3n) is 4.51. The smallest absolute Gasteiger partial charge is 0.219 e. The number of carbonyl (C=O) groups excluding carboxylic acids is 1. The predicted molar refractivity (Wildman–Crippen MR) is 93.8 cm³/mol. The molecule has 134 valence electrons. The Hall–Kier alpha value is -2.64. The molecule has 0 radical (unpaired) electrons. The molecule has 2 aromatic rings. The highest BCUT2D eigenvalue weighted by molar-refractivity contribution is 5.74. The molecule has 2 heterocycles. The minimum absolute atomic E-state index is 0.100. The fourth-order valence-corrected chi connectivity index (χ4v) is 3.06. The van der Waals surface area contributed by atoms with E-state index in [0.717, 1.165) is 43.1 Å². The molecule has 8 heteroatoms. The molecule has 0 atom stereocenters. The Morgan fingerprint density at radius 2 is 2.12 bits per heavy atom. The van der Waals surface area contributed by atoms with Crippen molar-refractivity contribution < 1.29 is 9.18 Å². The summed E-state index contributed by atoms with van der Waals surface area (Å²) in [6, 6.07) is 4.77. The maximum atomic E-state index is 13.8. The summed E-state index contributed by atoms with van der Waals surface area (Å²) in [6.07, 6.45) is 2.57. The Morgan fingerprint density at radius 3 is 2.84 bits per heavy atom. The van der Waals surface area contributed by atoms with Gasteiger partial charge < -0.3 is 15.1 Å². The van der Waals surface area contributed by atoms with Crippen LogP contribution in [-0.4, -0.2) is 52.0 Å². The molecule has 1 amide bonds. The largest absolute Gasteiger partial charge is 0.378 e. The zero-order valence-corrected chi connectivity index (χ0v) is 14.6. The van der Waals surface area contributed by atoms with Crippen LogP contribution < -0.4 is 10.2 Å². The third kappa shape index (κ3) is 4.07. The number of anilines is 2. The maximum absolute atomic E-state index is 13.8. The SMILES string of the molecule is CC(=O)N1CCCN(c2ccc(F)cc2NCc2cnnn2C)CC1. The lowest BCUT2D eigenvalue weighted by Gasteiger charge is -2.26. The van der Waals surface area contributed by atoms with E-state index in [1.54, 1.807) is 23.9 Å². The summed E-state index contributed by atoms with van der Waals surface area (Å²) in [5, 5.41) is 11.0. The van der Waals surface area contributed by atoms with Crippen molar-refractivity contribution in [3.63, 3.8) is 0 Å². The molecule has 1 aliphatic rings. The summed E-state index contributed by atoms with van der Waals surface area (Å²) in [5.74, 6) is -0.183. The molecule has 1 saturated heterocycles.